The molecule has 0 aromatic heterocycles. The van der Waals surface area contributed by atoms with Gasteiger partial charge in [-0.15, -0.1) is 0 Å². The summed E-state index contributed by atoms with van der Waals surface area (Å²) >= 11 is 0. The molecule has 1 rings (SSSR count). The summed E-state index contributed by atoms with van der Waals surface area (Å²) < 4.78 is 25.7. The van der Waals surface area contributed by atoms with Gasteiger partial charge in [0.15, 0.2) is 0 Å². The SMILES string of the molecule is CC(=O)Nc1ccc(S(=O)(=O)N[C@@H](C)C(=O)O)cc1. The highest BCUT2D eigenvalue weighted by Crippen LogP contribution is 2.14. The lowest BCUT2D eigenvalue weighted by atomic mass is 10.3. The number of amides is 1. The first-order valence-electron chi connectivity index (χ1n) is 5.35. The summed E-state index contributed by atoms with van der Waals surface area (Å²) in [6.07, 6.45) is 0. The summed E-state index contributed by atoms with van der Waals surface area (Å²) in [6, 6.07) is 4.17. The van der Waals surface area contributed by atoms with Gasteiger partial charge in [0, 0.05) is 12.6 Å². The zero-order valence-electron chi connectivity index (χ0n) is 10.4. The van der Waals surface area contributed by atoms with Gasteiger partial charge in [-0.05, 0) is 31.2 Å². The molecule has 0 aliphatic rings. The number of hydrogen-bond donors (Lipinski definition) is 3. The molecule has 1 aromatic rings. The number of carbonyl (C=O) groups excluding carboxylic acids is 1. The van der Waals surface area contributed by atoms with Crippen molar-refractivity contribution in [3.63, 3.8) is 0 Å². The predicted octanol–water partition coefficient (Wildman–Crippen LogP) is 0.396. The van der Waals surface area contributed by atoms with E-state index in [-0.39, 0.29) is 10.8 Å². The third kappa shape index (κ3) is 4.34. The Kier molecular flexibility index (Phi) is 4.62. The van der Waals surface area contributed by atoms with Gasteiger partial charge in [-0.1, -0.05) is 0 Å². The zero-order chi connectivity index (χ0) is 14.6. The van der Waals surface area contributed by atoms with Crippen LogP contribution in [0.2, 0.25) is 0 Å². The van der Waals surface area contributed by atoms with Crippen LogP contribution in [-0.2, 0) is 19.6 Å². The molecule has 0 spiro atoms. The number of carbonyl (C=O) groups is 2. The standard InChI is InChI=1S/C11H14N2O5S/c1-7(11(15)16)13-19(17,18)10-5-3-9(4-6-10)12-8(2)14/h3-7,13H,1-2H3,(H,12,14)(H,15,16)/t7-/m0/s1. The molecule has 0 radical (unpaired) electrons. The van der Waals surface area contributed by atoms with Gasteiger partial charge in [0.1, 0.15) is 6.04 Å². The van der Waals surface area contributed by atoms with E-state index in [4.69, 9.17) is 5.11 Å². The van der Waals surface area contributed by atoms with Crippen molar-refractivity contribution in [1.82, 2.24) is 4.72 Å². The number of sulfonamides is 1. The molecule has 1 atom stereocenters. The average Bonchev–Trinajstić information content (AvgIpc) is 2.28. The van der Waals surface area contributed by atoms with Crippen molar-refractivity contribution in [3.05, 3.63) is 24.3 Å². The van der Waals surface area contributed by atoms with Crippen molar-refractivity contribution in [2.75, 3.05) is 5.32 Å². The van der Waals surface area contributed by atoms with E-state index in [0.29, 0.717) is 5.69 Å². The predicted molar refractivity (Wildman–Crippen MR) is 68.2 cm³/mol. The van der Waals surface area contributed by atoms with Crippen molar-refractivity contribution in [2.45, 2.75) is 24.8 Å². The van der Waals surface area contributed by atoms with E-state index in [1.165, 1.54) is 38.1 Å². The Hall–Kier alpha value is -1.93. The van der Waals surface area contributed by atoms with Gasteiger partial charge in [0.2, 0.25) is 15.9 Å². The molecule has 1 amide bonds. The lowest BCUT2D eigenvalue weighted by molar-refractivity contribution is -0.138. The molecule has 0 aliphatic heterocycles. The van der Waals surface area contributed by atoms with E-state index in [9.17, 15) is 18.0 Å². The highest BCUT2D eigenvalue weighted by atomic mass is 32.2. The van der Waals surface area contributed by atoms with Crippen LogP contribution in [0.15, 0.2) is 29.2 Å². The lowest BCUT2D eigenvalue weighted by Crippen LogP contribution is -2.38. The number of carboxylic acid groups (broad SMARTS) is 1. The number of aliphatic carboxylic acids is 1. The highest BCUT2D eigenvalue weighted by Gasteiger charge is 2.21. The van der Waals surface area contributed by atoms with Gasteiger partial charge in [0.25, 0.3) is 0 Å². The smallest absolute Gasteiger partial charge is 0.321 e. The second-order valence-corrected chi connectivity index (χ2v) is 5.60. The van der Waals surface area contributed by atoms with Crippen LogP contribution < -0.4 is 10.0 Å². The second kappa shape index (κ2) is 5.81. The van der Waals surface area contributed by atoms with E-state index < -0.39 is 22.0 Å². The van der Waals surface area contributed by atoms with Crippen molar-refractivity contribution < 1.29 is 23.1 Å². The molecule has 0 bridgehead atoms. The van der Waals surface area contributed by atoms with E-state index in [0.717, 1.165) is 0 Å². The normalized spacial score (nSPS) is 12.7. The van der Waals surface area contributed by atoms with Crippen molar-refractivity contribution in [2.24, 2.45) is 0 Å². The fourth-order valence-corrected chi connectivity index (χ4v) is 2.47. The van der Waals surface area contributed by atoms with Crippen LogP contribution in [0.4, 0.5) is 5.69 Å². The van der Waals surface area contributed by atoms with Crippen molar-refractivity contribution in [3.8, 4) is 0 Å². The maximum absolute atomic E-state index is 11.8. The van der Waals surface area contributed by atoms with E-state index in [1.54, 1.807) is 0 Å². The molecule has 104 valence electrons. The third-order valence-electron chi connectivity index (χ3n) is 2.19. The van der Waals surface area contributed by atoms with E-state index in [1.807, 2.05) is 4.72 Å². The Morgan fingerprint density at radius 1 is 1.21 bits per heavy atom. The Balaban J connectivity index is 2.90. The topological polar surface area (TPSA) is 113 Å². The van der Waals surface area contributed by atoms with Crippen LogP contribution in [0.25, 0.3) is 0 Å². The van der Waals surface area contributed by atoms with Crippen LogP contribution in [-0.4, -0.2) is 31.4 Å². The third-order valence-corrected chi connectivity index (χ3v) is 3.74. The molecule has 0 heterocycles. The fraction of sp³-hybridized carbons (Fsp3) is 0.273. The molecule has 0 saturated heterocycles. The Morgan fingerprint density at radius 2 is 1.74 bits per heavy atom. The molecule has 19 heavy (non-hydrogen) atoms. The van der Waals surface area contributed by atoms with Gasteiger partial charge in [0.05, 0.1) is 4.90 Å². The number of rotatable bonds is 5. The Morgan fingerprint density at radius 3 is 2.16 bits per heavy atom. The van der Waals surface area contributed by atoms with Crippen LogP contribution in [0.1, 0.15) is 13.8 Å². The summed E-state index contributed by atoms with van der Waals surface area (Å²) in [5.74, 6) is -1.54. The van der Waals surface area contributed by atoms with Crippen LogP contribution in [0.5, 0.6) is 0 Å². The van der Waals surface area contributed by atoms with Gasteiger partial charge in [-0.25, -0.2) is 8.42 Å². The molecule has 0 aliphatic carbocycles. The average molecular weight is 286 g/mol. The maximum atomic E-state index is 11.8. The molecule has 0 fully saturated rings. The number of hydrogen-bond acceptors (Lipinski definition) is 4. The summed E-state index contributed by atoms with van der Waals surface area (Å²) in [5.41, 5.74) is 0.456. The fourth-order valence-electron chi connectivity index (χ4n) is 1.27. The number of nitrogens with one attached hydrogen (secondary N) is 2. The van der Waals surface area contributed by atoms with E-state index >= 15 is 0 Å². The van der Waals surface area contributed by atoms with E-state index in [2.05, 4.69) is 5.32 Å². The second-order valence-electron chi connectivity index (χ2n) is 3.89. The van der Waals surface area contributed by atoms with Crippen molar-refractivity contribution in [1.29, 1.82) is 0 Å². The summed E-state index contributed by atoms with van der Waals surface area (Å²) in [4.78, 5) is 21.3. The zero-order valence-corrected chi connectivity index (χ0v) is 11.2. The van der Waals surface area contributed by atoms with Gasteiger partial charge < -0.3 is 10.4 Å². The first-order chi connectivity index (χ1) is 8.72. The number of benzene rings is 1. The van der Waals surface area contributed by atoms with Gasteiger partial charge in [-0.2, -0.15) is 4.72 Å². The largest absolute Gasteiger partial charge is 0.480 e. The molecule has 3 N–H and O–H groups in total. The molecular formula is C11H14N2O5S. The first-order valence-corrected chi connectivity index (χ1v) is 6.83. The summed E-state index contributed by atoms with van der Waals surface area (Å²) in [6.45, 7) is 2.56. The van der Waals surface area contributed by atoms with Gasteiger partial charge >= 0.3 is 5.97 Å². The summed E-state index contributed by atoms with van der Waals surface area (Å²) in [5, 5.41) is 11.2. The molecule has 0 saturated carbocycles. The van der Waals surface area contributed by atoms with Crippen LogP contribution >= 0.6 is 0 Å². The quantitative estimate of drug-likeness (QED) is 0.725. The maximum Gasteiger partial charge on any atom is 0.321 e. The summed E-state index contributed by atoms with van der Waals surface area (Å²) in [7, 11) is -3.89. The number of carboxylic acids is 1. The highest BCUT2D eigenvalue weighted by molar-refractivity contribution is 7.89. The van der Waals surface area contributed by atoms with Crippen LogP contribution in [0, 0.1) is 0 Å². The Labute approximate surface area is 110 Å². The molecule has 8 heteroatoms. The Bertz CT molecular complexity index is 580. The lowest BCUT2D eigenvalue weighted by Gasteiger charge is -2.10. The van der Waals surface area contributed by atoms with Gasteiger partial charge in [-0.3, -0.25) is 9.59 Å². The molecule has 1 aromatic carbocycles. The minimum atomic E-state index is -3.89. The molecular weight excluding hydrogens is 272 g/mol. The minimum absolute atomic E-state index is 0.0743. The molecule has 0 unspecified atom stereocenters. The van der Waals surface area contributed by atoms with Crippen LogP contribution in [0.3, 0.4) is 0 Å². The first kappa shape index (κ1) is 15.1. The van der Waals surface area contributed by atoms with Crippen molar-refractivity contribution >= 4 is 27.6 Å². The number of anilines is 1. The minimum Gasteiger partial charge on any atom is -0.480 e. The molecule has 7 nitrogen and oxygen atoms in total. The monoisotopic (exact) mass is 286 g/mol.